The SMILES string of the molecule is Bc1nc2ccc(CCC)cc2[nH]1. The van der Waals surface area contributed by atoms with Gasteiger partial charge in [0.05, 0.1) is 16.8 Å². The average Bonchev–Trinajstić information content (AvgIpc) is 2.44. The Morgan fingerprint density at radius 2 is 2.31 bits per heavy atom. The Morgan fingerprint density at radius 1 is 1.46 bits per heavy atom. The van der Waals surface area contributed by atoms with Gasteiger partial charge in [-0.2, -0.15) is 0 Å². The van der Waals surface area contributed by atoms with Crippen molar-refractivity contribution < 1.29 is 0 Å². The monoisotopic (exact) mass is 172 g/mol. The molecule has 0 spiro atoms. The van der Waals surface area contributed by atoms with Crippen LogP contribution in [0.25, 0.3) is 11.0 Å². The van der Waals surface area contributed by atoms with Crippen molar-refractivity contribution in [3.63, 3.8) is 0 Å². The highest BCUT2D eigenvalue weighted by atomic mass is 14.9. The molecule has 0 saturated carbocycles. The van der Waals surface area contributed by atoms with Crippen LogP contribution >= 0.6 is 0 Å². The molecule has 3 heteroatoms. The minimum atomic E-state index is 0.989. The van der Waals surface area contributed by atoms with Gasteiger partial charge in [-0.1, -0.05) is 19.4 Å². The summed E-state index contributed by atoms with van der Waals surface area (Å²) in [6.07, 6.45) is 2.34. The second-order valence-corrected chi connectivity index (χ2v) is 3.42. The first-order valence-corrected chi connectivity index (χ1v) is 4.75. The maximum absolute atomic E-state index is 4.36. The summed E-state index contributed by atoms with van der Waals surface area (Å²) in [5.41, 5.74) is 4.60. The van der Waals surface area contributed by atoms with Crippen molar-refractivity contribution in [3.05, 3.63) is 23.8 Å². The van der Waals surface area contributed by atoms with Crippen LogP contribution in [0.3, 0.4) is 0 Å². The van der Waals surface area contributed by atoms with Crippen LogP contribution in [0.4, 0.5) is 0 Å². The molecule has 0 aliphatic carbocycles. The summed E-state index contributed by atoms with van der Waals surface area (Å²) in [6, 6.07) is 6.44. The van der Waals surface area contributed by atoms with Crippen LogP contribution in [0.2, 0.25) is 0 Å². The summed E-state index contributed by atoms with van der Waals surface area (Å²) in [7, 11) is 1.99. The Morgan fingerprint density at radius 3 is 3.08 bits per heavy atom. The van der Waals surface area contributed by atoms with Crippen molar-refractivity contribution in [2.45, 2.75) is 19.8 Å². The molecule has 66 valence electrons. The van der Waals surface area contributed by atoms with Crippen molar-refractivity contribution in [3.8, 4) is 0 Å². The molecule has 0 unspecified atom stereocenters. The molecule has 0 bridgehead atoms. The number of aryl methyl sites for hydroxylation is 1. The zero-order chi connectivity index (χ0) is 9.26. The van der Waals surface area contributed by atoms with Gasteiger partial charge in [0.1, 0.15) is 0 Å². The van der Waals surface area contributed by atoms with Crippen LogP contribution in [0, 0.1) is 0 Å². The lowest BCUT2D eigenvalue weighted by molar-refractivity contribution is 0.923. The molecule has 0 radical (unpaired) electrons. The molecule has 13 heavy (non-hydrogen) atoms. The number of aromatic amines is 1. The maximum atomic E-state index is 4.36. The first-order valence-electron chi connectivity index (χ1n) is 4.75. The molecule has 2 rings (SSSR count). The predicted octanol–water partition coefficient (Wildman–Crippen LogP) is 0.774. The van der Waals surface area contributed by atoms with Gasteiger partial charge in [0, 0.05) is 0 Å². The van der Waals surface area contributed by atoms with E-state index in [1.54, 1.807) is 0 Å². The van der Waals surface area contributed by atoms with Crippen LogP contribution in [0.1, 0.15) is 18.9 Å². The molecule has 1 aromatic carbocycles. The Labute approximate surface area is 78.8 Å². The summed E-state index contributed by atoms with van der Waals surface area (Å²) in [4.78, 5) is 7.60. The van der Waals surface area contributed by atoms with E-state index in [4.69, 9.17) is 0 Å². The third-order valence-corrected chi connectivity index (χ3v) is 2.20. The van der Waals surface area contributed by atoms with Crippen molar-refractivity contribution in [1.82, 2.24) is 9.97 Å². The molecule has 1 aromatic heterocycles. The molecular weight excluding hydrogens is 159 g/mol. The standard InChI is InChI=1S/C10H13BN2/c1-2-3-7-4-5-8-9(6-7)13-10(11)12-8/h4-6H,2-3,11H2,1H3,(H,12,13). The van der Waals surface area contributed by atoms with Gasteiger partial charge in [-0.25, -0.2) is 4.98 Å². The van der Waals surface area contributed by atoms with E-state index in [9.17, 15) is 0 Å². The quantitative estimate of drug-likeness (QED) is 0.666. The van der Waals surface area contributed by atoms with Gasteiger partial charge in [0.25, 0.3) is 0 Å². The van der Waals surface area contributed by atoms with Gasteiger partial charge in [-0.15, -0.1) is 0 Å². The molecule has 0 aliphatic rings. The Kier molecular flexibility index (Phi) is 2.09. The molecule has 1 N–H and O–H groups in total. The van der Waals surface area contributed by atoms with Crippen LogP contribution in [-0.4, -0.2) is 17.8 Å². The second-order valence-electron chi connectivity index (χ2n) is 3.42. The Hall–Kier alpha value is -1.25. The number of aromatic nitrogens is 2. The van der Waals surface area contributed by atoms with E-state index in [0.717, 1.165) is 23.2 Å². The summed E-state index contributed by atoms with van der Waals surface area (Å²) in [6.45, 7) is 2.20. The number of benzene rings is 1. The fraction of sp³-hybridized carbons (Fsp3) is 0.300. The summed E-state index contributed by atoms with van der Waals surface area (Å²) >= 11 is 0. The van der Waals surface area contributed by atoms with Gasteiger partial charge in [0.2, 0.25) is 0 Å². The van der Waals surface area contributed by atoms with Crippen molar-refractivity contribution in [1.29, 1.82) is 0 Å². The molecule has 0 aliphatic heterocycles. The smallest absolute Gasteiger partial charge is 0.186 e. The maximum Gasteiger partial charge on any atom is 0.186 e. The second kappa shape index (κ2) is 3.25. The topological polar surface area (TPSA) is 28.7 Å². The Bertz CT molecular complexity index is 420. The number of rotatable bonds is 2. The third kappa shape index (κ3) is 1.59. The van der Waals surface area contributed by atoms with E-state index in [1.165, 1.54) is 12.0 Å². The molecule has 0 amide bonds. The lowest BCUT2D eigenvalue weighted by Gasteiger charge is -1.96. The van der Waals surface area contributed by atoms with Gasteiger partial charge in [-0.3, -0.25) is 0 Å². The molecular formula is C10H13BN2. The van der Waals surface area contributed by atoms with E-state index in [-0.39, 0.29) is 0 Å². The number of hydrogen-bond donors (Lipinski definition) is 1. The molecule has 1 heterocycles. The molecule has 2 nitrogen and oxygen atoms in total. The normalized spacial score (nSPS) is 10.8. The summed E-state index contributed by atoms with van der Waals surface area (Å²) < 4.78 is 0. The van der Waals surface area contributed by atoms with Crippen molar-refractivity contribution >= 4 is 24.6 Å². The van der Waals surface area contributed by atoms with Gasteiger partial charge < -0.3 is 4.98 Å². The van der Waals surface area contributed by atoms with E-state index < -0.39 is 0 Å². The lowest BCUT2D eigenvalue weighted by atomic mass is 10.1. The van der Waals surface area contributed by atoms with Crippen LogP contribution in [0.15, 0.2) is 18.2 Å². The van der Waals surface area contributed by atoms with Gasteiger partial charge in [0.15, 0.2) is 7.85 Å². The molecule has 0 fully saturated rings. The van der Waals surface area contributed by atoms with Crippen molar-refractivity contribution in [2.24, 2.45) is 0 Å². The highest BCUT2D eigenvalue weighted by Crippen LogP contribution is 2.11. The van der Waals surface area contributed by atoms with E-state index in [2.05, 4.69) is 35.1 Å². The number of H-pyrrole nitrogens is 1. The first kappa shape index (κ1) is 8.36. The zero-order valence-corrected chi connectivity index (χ0v) is 8.09. The number of hydrogen-bond acceptors (Lipinski definition) is 1. The Balaban J connectivity index is 2.48. The van der Waals surface area contributed by atoms with Crippen LogP contribution in [0.5, 0.6) is 0 Å². The summed E-state index contributed by atoms with van der Waals surface area (Å²) in [5, 5.41) is 0. The molecule has 2 aromatic rings. The van der Waals surface area contributed by atoms with E-state index in [1.807, 2.05) is 7.85 Å². The van der Waals surface area contributed by atoms with Crippen LogP contribution in [-0.2, 0) is 6.42 Å². The van der Waals surface area contributed by atoms with E-state index in [0.29, 0.717) is 0 Å². The number of nitrogens with zero attached hydrogens (tertiary/aromatic N) is 1. The molecule has 0 saturated heterocycles. The van der Waals surface area contributed by atoms with Crippen molar-refractivity contribution in [2.75, 3.05) is 0 Å². The van der Waals surface area contributed by atoms with Gasteiger partial charge in [-0.05, 0) is 24.1 Å². The number of fused-ring (bicyclic) bond motifs is 1. The number of nitrogens with one attached hydrogen (secondary N) is 1. The molecule has 0 atom stereocenters. The average molecular weight is 172 g/mol. The van der Waals surface area contributed by atoms with Gasteiger partial charge >= 0.3 is 0 Å². The highest BCUT2D eigenvalue weighted by molar-refractivity contribution is 6.30. The first-order chi connectivity index (χ1) is 6.29. The third-order valence-electron chi connectivity index (χ3n) is 2.20. The predicted molar refractivity (Wildman–Crippen MR) is 58.3 cm³/mol. The lowest BCUT2D eigenvalue weighted by Crippen LogP contribution is -2.04. The largest absolute Gasteiger partial charge is 0.351 e. The fourth-order valence-corrected chi connectivity index (χ4v) is 1.63. The zero-order valence-electron chi connectivity index (χ0n) is 8.09. The summed E-state index contributed by atoms with van der Waals surface area (Å²) in [5.74, 6) is 0. The highest BCUT2D eigenvalue weighted by Gasteiger charge is 1.99. The minimum absolute atomic E-state index is 0.989. The van der Waals surface area contributed by atoms with E-state index >= 15 is 0 Å². The number of imidazole rings is 1. The fourth-order valence-electron chi connectivity index (χ4n) is 1.63. The van der Waals surface area contributed by atoms with Crippen LogP contribution < -0.4 is 5.72 Å². The minimum Gasteiger partial charge on any atom is -0.351 e.